The molecular formula is C18H18N4O3. The van der Waals surface area contributed by atoms with Gasteiger partial charge in [-0.3, -0.25) is 9.78 Å². The van der Waals surface area contributed by atoms with E-state index in [0.29, 0.717) is 24.7 Å². The summed E-state index contributed by atoms with van der Waals surface area (Å²) >= 11 is 0. The molecule has 0 aliphatic rings. The molecule has 0 saturated heterocycles. The predicted molar refractivity (Wildman–Crippen MR) is 90.7 cm³/mol. The van der Waals surface area contributed by atoms with Gasteiger partial charge in [0.05, 0.1) is 7.11 Å². The molecule has 0 unspecified atom stereocenters. The van der Waals surface area contributed by atoms with Crippen molar-refractivity contribution in [2.75, 3.05) is 7.11 Å². The summed E-state index contributed by atoms with van der Waals surface area (Å²) in [6, 6.07) is 11.1. The lowest BCUT2D eigenvalue weighted by Crippen LogP contribution is -2.23. The van der Waals surface area contributed by atoms with Gasteiger partial charge < -0.3 is 14.5 Å². The van der Waals surface area contributed by atoms with Crippen molar-refractivity contribution in [3.63, 3.8) is 0 Å². The Morgan fingerprint density at radius 2 is 2.04 bits per heavy atom. The van der Waals surface area contributed by atoms with Crippen molar-refractivity contribution in [3.05, 3.63) is 60.2 Å². The first-order valence-corrected chi connectivity index (χ1v) is 7.87. The van der Waals surface area contributed by atoms with Gasteiger partial charge in [0.15, 0.2) is 0 Å². The first-order chi connectivity index (χ1) is 12.2. The van der Waals surface area contributed by atoms with Gasteiger partial charge >= 0.3 is 0 Å². The van der Waals surface area contributed by atoms with E-state index in [0.717, 1.165) is 16.9 Å². The highest BCUT2D eigenvalue weighted by molar-refractivity contribution is 5.76. The van der Waals surface area contributed by atoms with Crippen molar-refractivity contribution in [1.82, 2.24) is 20.5 Å². The van der Waals surface area contributed by atoms with Crippen molar-refractivity contribution in [2.24, 2.45) is 0 Å². The molecule has 128 valence electrons. The van der Waals surface area contributed by atoms with E-state index >= 15 is 0 Å². The Kier molecular flexibility index (Phi) is 5.36. The lowest BCUT2D eigenvalue weighted by molar-refractivity contribution is -0.121. The largest absolute Gasteiger partial charge is 0.497 e. The number of hydrogen-bond donors (Lipinski definition) is 1. The summed E-state index contributed by atoms with van der Waals surface area (Å²) in [5, 5.41) is 10.8. The SMILES string of the molecule is COc1ccc(-c2nnc(CCC(=O)NCc3cccnc3)o2)cc1. The van der Waals surface area contributed by atoms with Crippen LogP contribution in [0.2, 0.25) is 0 Å². The fourth-order valence-corrected chi connectivity index (χ4v) is 2.22. The number of carbonyl (C=O) groups is 1. The number of rotatable bonds is 7. The molecule has 0 bridgehead atoms. The number of amides is 1. The van der Waals surface area contributed by atoms with Crippen LogP contribution in [0, 0.1) is 0 Å². The van der Waals surface area contributed by atoms with E-state index < -0.39 is 0 Å². The second-order valence-corrected chi connectivity index (χ2v) is 5.37. The topological polar surface area (TPSA) is 90.1 Å². The fourth-order valence-electron chi connectivity index (χ4n) is 2.22. The quantitative estimate of drug-likeness (QED) is 0.711. The standard InChI is InChI=1S/C18H18N4O3/c1-24-15-6-4-14(5-7-15)18-22-21-17(25-18)9-8-16(23)20-12-13-3-2-10-19-11-13/h2-7,10-11H,8-9,12H2,1H3,(H,20,23). The van der Waals surface area contributed by atoms with Crippen LogP contribution >= 0.6 is 0 Å². The Bertz CT molecular complexity index is 816. The minimum Gasteiger partial charge on any atom is -0.497 e. The average Bonchev–Trinajstić information content (AvgIpc) is 3.14. The number of ether oxygens (including phenoxy) is 1. The summed E-state index contributed by atoms with van der Waals surface area (Å²) in [4.78, 5) is 15.9. The van der Waals surface area contributed by atoms with Crippen LogP contribution in [0.25, 0.3) is 11.5 Å². The van der Waals surface area contributed by atoms with Crippen molar-refractivity contribution >= 4 is 5.91 Å². The molecule has 3 rings (SSSR count). The van der Waals surface area contributed by atoms with Crippen LogP contribution in [-0.2, 0) is 17.8 Å². The molecule has 0 saturated carbocycles. The van der Waals surface area contributed by atoms with Crippen LogP contribution in [0.5, 0.6) is 5.75 Å². The summed E-state index contributed by atoms with van der Waals surface area (Å²) in [7, 11) is 1.61. The Morgan fingerprint density at radius 3 is 2.76 bits per heavy atom. The number of benzene rings is 1. The van der Waals surface area contributed by atoms with E-state index in [4.69, 9.17) is 9.15 Å². The second kappa shape index (κ2) is 8.05. The molecule has 2 heterocycles. The smallest absolute Gasteiger partial charge is 0.247 e. The highest BCUT2D eigenvalue weighted by Crippen LogP contribution is 2.21. The third kappa shape index (κ3) is 4.63. The molecule has 1 N–H and O–H groups in total. The van der Waals surface area contributed by atoms with Crippen molar-refractivity contribution < 1.29 is 13.9 Å². The van der Waals surface area contributed by atoms with Crippen molar-refractivity contribution in [2.45, 2.75) is 19.4 Å². The van der Waals surface area contributed by atoms with Crippen molar-refractivity contribution in [3.8, 4) is 17.2 Å². The van der Waals surface area contributed by atoms with E-state index in [1.54, 1.807) is 19.5 Å². The van der Waals surface area contributed by atoms with Crippen LogP contribution < -0.4 is 10.1 Å². The molecule has 0 aliphatic carbocycles. The molecule has 3 aromatic rings. The Morgan fingerprint density at radius 1 is 1.20 bits per heavy atom. The molecular weight excluding hydrogens is 320 g/mol. The van der Waals surface area contributed by atoms with Gasteiger partial charge in [-0.15, -0.1) is 10.2 Å². The number of aryl methyl sites for hydroxylation is 1. The van der Waals surface area contributed by atoms with Crippen LogP contribution in [-0.4, -0.2) is 28.2 Å². The molecule has 0 radical (unpaired) electrons. The van der Waals surface area contributed by atoms with Gasteiger partial charge in [0.1, 0.15) is 5.75 Å². The lowest BCUT2D eigenvalue weighted by atomic mass is 10.2. The van der Waals surface area contributed by atoms with Crippen LogP contribution in [0.3, 0.4) is 0 Å². The summed E-state index contributed by atoms with van der Waals surface area (Å²) in [6.45, 7) is 0.452. The van der Waals surface area contributed by atoms with E-state index in [1.807, 2.05) is 36.4 Å². The van der Waals surface area contributed by atoms with E-state index in [2.05, 4.69) is 20.5 Å². The number of nitrogens with zero attached hydrogens (tertiary/aromatic N) is 3. The lowest BCUT2D eigenvalue weighted by Gasteiger charge is -2.03. The first-order valence-electron chi connectivity index (χ1n) is 7.87. The summed E-state index contributed by atoms with van der Waals surface area (Å²) < 4.78 is 10.7. The van der Waals surface area contributed by atoms with Gasteiger partial charge in [0.2, 0.25) is 17.7 Å². The molecule has 1 amide bonds. The summed E-state index contributed by atoms with van der Waals surface area (Å²) in [5.41, 5.74) is 1.76. The summed E-state index contributed by atoms with van der Waals surface area (Å²) in [6.07, 6.45) is 4.09. The molecule has 0 spiro atoms. The molecule has 2 aromatic heterocycles. The van der Waals surface area contributed by atoms with E-state index in [1.165, 1.54) is 0 Å². The van der Waals surface area contributed by atoms with Gasteiger partial charge in [-0.05, 0) is 35.9 Å². The molecule has 1 aromatic carbocycles. The zero-order valence-corrected chi connectivity index (χ0v) is 13.8. The molecule has 7 heteroatoms. The normalized spacial score (nSPS) is 10.4. The van der Waals surface area contributed by atoms with E-state index in [-0.39, 0.29) is 12.3 Å². The maximum Gasteiger partial charge on any atom is 0.247 e. The predicted octanol–water partition coefficient (Wildman–Crippen LogP) is 2.39. The zero-order chi connectivity index (χ0) is 17.5. The Labute approximate surface area is 145 Å². The van der Waals surface area contributed by atoms with Crippen LogP contribution in [0.1, 0.15) is 17.9 Å². The van der Waals surface area contributed by atoms with E-state index in [9.17, 15) is 4.79 Å². The third-order valence-corrected chi connectivity index (χ3v) is 3.58. The number of carbonyl (C=O) groups excluding carboxylic acids is 1. The van der Waals surface area contributed by atoms with Gasteiger partial charge in [-0.2, -0.15) is 0 Å². The minimum atomic E-state index is -0.0759. The van der Waals surface area contributed by atoms with Crippen molar-refractivity contribution in [1.29, 1.82) is 0 Å². The number of nitrogens with one attached hydrogen (secondary N) is 1. The van der Waals surface area contributed by atoms with Gasteiger partial charge in [0.25, 0.3) is 0 Å². The van der Waals surface area contributed by atoms with Gasteiger partial charge in [-0.25, -0.2) is 0 Å². The molecule has 25 heavy (non-hydrogen) atoms. The molecule has 0 atom stereocenters. The fraction of sp³-hybridized carbons (Fsp3) is 0.222. The monoisotopic (exact) mass is 338 g/mol. The summed E-state index contributed by atoms with van der Waals surface area (Å²) in [5.74, 6) is 1.54. The number of aromatic nitrogens is 3. The first kappa shape index (κ1) is 16.6. The highest BCUT2D eigenvalue weighted by Gasteiger charge is 2.10. The average molecular weight is 338 g/mol. The van der Waals surface area contributed by atoms with Gasteiger partial charge in [0, 0.05) is 37.3 Å². The molecule has 0 aliphatic heterocycles. The number of pyridine rings is 1. The second-order valence-electron chi connectivity index (χ2n) is 5.37. The molecule has 7 nitrogen and oxygen atoms in total. The minimum absolute atomic E-state index is 0.0759. The van der Waals surface area contributed by atoms with Crippen LogP contribution in [0.15, 0.2) is 53.2 Å². The maximum absolute atomic E-state index is 11.9. The third-order valence-electron chi connectivity index (χ3n) is 3.58. The number of methoxy groups -OCH3 is 1. The number of hydrogen-bond acceptors (Lipinski definition) is 6. The molecule has 0 fully saturated rings. The van der Waals surface area contributed by atoms with Crippen LogP contribution in [0.4, 0.5) is 0 Å². The zero-order valence-electron chi connectivity index (χ0n) is 13.8. The Hall–Kier alpha value is -3.22. The Balaban J connectivity index is 1.50. The van der Waals surface area contributed by atoms with Gasteiger partial charge in [-0.1, -0.05) is 6.07 Å². The highest BCUT2D eigenvalue weighted by atomic mass is 16.5. The maximum atomic E-state index is 11.9.